The summed E-state index contributed by atoms with van der Waals surface area (Å²) in [5, 5.41) is 0. The number of ether oxygens (including phenoxy) is 1. The van der Waals surface area contributed by atoms with Gasteiger partial charge in [0.1, 0.15) is 5.60 Å². The molecule has 0 bridgehead atoms. The number of anilines is 1. The maximum Gasteiger partial charge on any atom is 0.414 e. The zero-order valence-corrected chi connectivity index (χ0v) is 10.8. The summed E-state index contributed by atoms with van der Waals surface area (Å²) in [7, 11) is 3.87. The minimum absolute atomic E-state index is 0.238. The predicted octanol–water partition coefficient (Wildman–Crippen LogP) is 2.19. The Kier molecular flexibility index (Phi) is 2.55. The minimum Gasteiger partial charge on any atom is -0.437 e. The second-order valence-electron chi connectivity index (χ2n) is 5.24. The smallest absolute Gasteiger partial charge is 0.414 e. The van der Waals surface area contributed by atoms with Crippen molar-refractivity contribution in [2.24, 2.45) is 0 Å². The molecule has 96 valence electrons. The highest BCUT2D eigenvalue weighted by Gasteiger charge is 2.45. The van der Waals surface area contributed by atoms with Crippen molar-refractivity contribution in [3.63, 3.8) is 0 Å². The summed E-state index contributed by atoms with van der Waals surface area (Å²) < 4.78 is 5.76. The van der Waals surface area contributed by atoms with Crippen molar-refractivity contribution in [2.75, 3.05) is 32.1 Å². The van der Waals surface area contributed by atoms with E-state index >= 15 is 0 Å². The van der Waals surface area contributed by atoms with Crippen molar-refractivity contribution in [3.05, 3.63) is 29.8 Å². The molecule has 0 aliphatic carbocycles. The highest BCUT2D eigenvalue weighted by atomic mass is 16.6. The number of para-hydroxylation sites is 1. The van der Waals surface area contributed by atoms with Crippen LogP contribution >= 0.6 is 0 Å². The maximum atomic E-state index is 12.0. The Bertz CT molecular complexity index is 478. The van der Waals surface area contributed by atoms with E-state index in [2.05, 4.69) is 18.0 Å². The molecule has 18 heavy (non-hydrogen) atoms. The van der Waals surface area contributed by atoms with Gasteiger partial charge in [0.15, 0.2) is 0 Å². The van der Waals surface area contributed by atoms with Crippen LogP contribution in [0.3, 0.4) is 0 Å². The highest BCUT2D eigenvalue weighted by molar-refractivity contribution is 5.91. The van der Waals surface area contributed by atoms with Gasteiger partial charge in [-0.25, -0.2) is 4.79 Å². The molecule has 1 spiro atoms. The van der Waals surface area contributed by atoms with Gasteiger partial charge in [-0.3, -0.25) is 4.90 Å². The van der Waals surface area contributed by atoms with Gasteiger partial charge in [-0.2, -0.15) is 0 Å². The van der Waals surface area contributed by atoms with E-state index in [1.54, 1.807) is 11.9 Å². The number of rotatable bonds is 0. The number of piperidine rings is 1. The highest BCUT2D eigenvalue weighted by Crippen LogP contribution is 2.44. The quantitative estimate of drug-likeness (QED) is 0.703. The first-order valence-electron chi connectivity index (χ1n) is 6.37. The lowest BCUT2D eigenvalue weighted by molar-refractivity contribution is -0.0371. The SMILES string of the molecule is CN1CCC2(CC1)OC(=O)N(C)c1ccccc12. The third-order valence-electron chi connectivity index (χ3n) is 4.11. The number of carbonyl (C=O) groups is 1. The van der Waals surface area contributed by atoms with Crippen LogP contribution in [0, 0.1) is 0 Å². The van der Waals surface area contributed by atoms with Crippen molar-refractivity contribution >= 4 is 11.8 Å². The van der Waals surface area contributed by atoms with Crippen LogP contribution in [0.25, 0.3) is 0 Å². The van der Waals surface area contributed by atoms with Crippen LogP contribution in [-0.2, 0) is 10.3 Å². The minimum atomic E-state index is -0.410. The van der Waals surface area contributed by atoms with Gasteiger partial charge in [0.05, 0.1) is 5.69 Å². The second-order valence-corrected chi connectivity index (χ2v) is 5.24. The molecule has 1 fully saturated rings. The fraction of sp³-hybridized carbons (Fsp3) is 0.500. The molecular weight excluding hydrogens is 228 g/mol. The number of likely N-dealkylation sites (tertiary alicyclic amines) is 1. The number of fused-ring (bicyclic) bond motifs is 2. The topological polar surface area (TPSA) is 32.8 Å². The molecular formula is C14H18N2O2. The molecule has 0 radical (unpaired) electrons. The Morgan fingerprint density at radius 1 is 1.17 bits per heavy atom. The van der Waals surface area contributed by atoms with Gasteiger partial charge in [0.25, 0.3) is 0 Å². The molecule has 4 nitrogen and oxygen atoms in total. The molecule has 2 aliphatic rings. The van der Waals surface area contributed by atoms with Crippen LogP contribution in [0.2, 0.25) is 0 Å². The molecule has 0 N–H and O–H groups in total. The van der Waals surface area contributed by atoms with E-state index in [0.717, 1.165) is 37.2 Å². The van der Waals surface area contributed by atoms with Crippen molar-refractivity contribution in [1.29, 1.82) is 0 Å². The zero-order chi connectivity index (χ0) is 12.8. The Balaban J connectivity index is 2.06. The average molecular weight is 246 g/mol. The van der Waals surface area contributed by atoms with Gasteiger partial charge >= 0.3 is 6.09 Å². The Morgan fingerprint density at radius 2 is 1.83 bits per heavy atom. The number of hydrogen-bond acceptors (Lipinski definition) is 3. The third-order valence-corrected chi connectivity index (χ3v) is 4.11. The van der Waals surface area contributed by atoms with Crippen LogP contribution in [-0.4, -0.2) is 38.2 Å². The first-order valence-corrected chi connectivity index (χ1v) is 6.37. The summed E-state index contributed by atoms with van der Waals surface area (Å²) >= 11 is 0. The standard InChI is InChI=1S/C14H18N2O2/c1-15-9-7-14(8-10-15)11-5-3-4-6-12(11)16(2)13(17)18-14/h3-6H,7-10H2,1-2H3. The maximum absolute atomic E-state index is 12.0. The largest absolute Gasteiger partial charge is 0.437 e. The number of carbonyl (C=O) groups excluding carboxylic acids is 1. The molecule has 0 unspecified atom stereocenters. The summed E-state index contributed by atoms with van der Waals surface area (Å²) in [4.78, 5) is 15.9. The van der Waals surface area contributed by atoms with Gasteiger partial charge in [-0.05, 0) is 13.1 Å². The van der Waals surface area contributed by atoms with Crippen molar-refractivity contribution in [2.45, 2.75) is 18.4 Å². The van der Waals surface area contributed by atoms with Crippen molar-refractivity contribution < 1.29 is 9.53 Å². The van der Waals surface area contributed by atoms with Gasteiger partial charge in [-0.1, -0.05) is 18.2 Å². The monoisotopic (exact) mass is 246 g/mol. The van der Waals surface area contributed by atoms with E-state index in [1.165, 1.54) is 0 Å². The molecule has 3 rings (SSSR count). The average Bonchev–Trinajstić information content (AvgIpc) is 2.40. The van der Waals surface area contributed by atoms with Crippen LogP contribution in [0.1, 0.15) is 18.4 Å². The summed E-state index contributed by atoms with van der Waals surface area (Å²) in [6, 6.07) is 8.07. The number of amides is 1. The predicted molar refractivity (Wildman–Crippen MR) is 69.7 cm³/mol. The van der Waals surface area contributed by atoms with E-state index < -0.39 is 5.60 Å². The summed E-state index contributed by atoms with van der Waals surface area (Å²) in [6.07, 6.45) is 1.51. The second kappa shape index (κ2) is 3.99. The van der Waals surface area contributed by atoms with Gasteiger partial charge in [-0.15, -0.1) is 0 Å². The molecule has 2 aliphatic heterocycles. The first-order chi connectivity index (χ1) is 8.62. The molecule has 1 amide bonds. The molecule has 1 saturated heterocycles. The van der Waals surface area contributed by atoms with E-state index in [4.69, 9.17) is 4.74 Å². The molecule has 0 saturated carbocycles. The van der Waals surface area contributed by atoms with Crippen molar-refractivity contribution in [1.82, 2.24) is 4.90 Å². The molecule has 0 atom stereocenters. The van der Waals surface area contributed by atoms with Crippen LogP contribution in [0.5, 0.6) is 0 Å². The van der Waals surface area contributed by atoms with E-state index in [-0.39, 0.29) is 6.09 Å². The van der Waals surface area contributed by atoms with E-state index in [1.807, 2.05) is 18.2 Å². The number of nitrogens with zero attached hydrogens (tertiary/aromatic N) is 2. The fourth-order valence-corrected chi connectivity index (χ4v) is 2.89. The van der Waals surface area contributed by atoms with Crippen LogP contribution < -0.4 is 4.90 Å². The van der Waals surface area contributed by atoms with Crippen LogP contribution in [0.4, 0.5) is 10.5 Å². The normalized spacial score (nSPS) is 22.8. The molecule has 4 heteroatoms. The van der Waals surface area contributed by atoms with Gasteiger partial charge in [0.2, 0.25) is 0 Å². The van der Waals surface area contributed by atoms with Crippen molar-refractivity contribution in [3.8, 4) is 0 Å². The van der Waals surface area contributed by atoms with Gasteiger partial charge in [0, 0.05) is 38.5 Å². The lowest BCUT2D eigenvalue weighted by Crippen LogP contribution is -2.49. The summed E-state index contributed by atoms with van der Waals surface area (Å²) in [5.41, 5.74) is 1.73. The molecule has 2 heterocycles. The fourth-order valence-electron chi connectivity index (χ4n) is 2.89. The lowest BCUT2D eigenvalue weighted by Gasteiger charge is -2.45. The van der Waals surface area contributed by atoms with E-state index in [0.29, 0.717) is 0 Å². The Labute approximate surface area is 107 Å². The first kappa shape index (κ1) is 11.5. The van der Waals surface area contributed by atoms with E-state index in [9.17, 15) is 4.79 Å². The van der Waals surface area contributed by atoms with Gasteiger partial charge < -0.3 is 9.64 Å². The number of hydrogen-bond donors (Lipinski definition) is 0. The van der Waals surface area contributed by atoms with Crippen LogP contribution in [0.15, 0.2) is 24.3 Å². The Hall–Kier alpha value is -1.55. The number of benzene rings is 1. The lowest BCUT2D eigenvalue weighted by atomic mass is 9.82. The molecule has 1 aromatic rings. The summed E-state index contributed by atoms with van der Waals surface area (Å²) in [5.74, 6) is 0. The molecule has 1 aromatic carbocycles. The molecule has 0 aromatic heterocycles. The summed E-state index contributed by atoms with van der Waals surface area (Å²) in [6.45, 7) is 1.93. The third kappa shape index (κ3) is 1.60. The zero-order valence-electron chi connectivity index (χ0n) is 10.8. The Morgan fingerprint density at radius 3 is 2.56 bits per heavy atom.